The number of aliphatic carboxylic acids is 1. The van der Waals surface area contributed by atoms with Crippen molar-refractivity contribution in [3.63, 3.8) is 0 Å². The first-order chi connectivity index (χ1) is 6.27. The molecule has 0 aliphatic carbocycles. The summed E-state index contributed by atoms with van der Waals surface area (Å²) in [4.78, 5) is 10.8. The van der Waals surface area contributed by atoms with E-state index in [4.69, 9.17) is 14.9 Å². The minimum Gasteiger partial charge on any atom is -0.481 e. The maximum Gasteiger partial charge on any atom is 0.314 e. The van der Waals surface area contributed by atoms with Gasteiger partial charge in [-0.1, -0.05) is 6.92 Å². The second-order valence-corrected chi connectivity index (χ2v) is 4.43. The van der Waals surface area contributed by atoms with Crippen LogP contribution >= 0.6 is 0 Å². The molecule has 2 N–H and O–H groups in total. The van der Waals surface area contributed by atoms with Gasteiger partial charge in [0.2, 0.25) is 0 Å². The molecule has 0 aliphatic rings. The molecule has 0 fully saturated rings. The second-order valence-electron chi connectivity index (χ2n) is 4.43. The smallest absolute Gasteiger partial charge is 0.314 e. The van der Waals surface area contributed by atoms with E-state index in [0.717, 1.165) is 6.42 Å². The van der Waals surface area contributed by atoms with Crippen LogP contribution in [0.1, 0.15) is 34.1 Å². The van der Waals surface area contributed by atoms with Crippen molar-refractivity contribution < 1.29 is 19.7 Å². The zero-order valence-corrected chi connectivity index (χ0v) is 9.33. The molecule has 0 amide bonds. The van der Waals surface area contributed by atoms with Gasteiger partial charge in [0.1, 0.15) is 5.41 Å². The van der Waals surface area contributed by atoms with Gasteiger partial charge in [0, 0.05) is 0 Å². The van der Waals surface area contributed by atoms with Crippen LogP contribution in [0.2, 0.25) is 0 Å². The van der Waals surface area contributed by atoms with E-state index in [-0.39, 0.29) is 12.2 Å². The summed E-state index contributed by atoms with van der Waals surface area (Å²) in [6, 6.07) is 0. The van der Waals surface area contributed by atoms with Gasteiger partial charge < -0.3 is 14.9 Å². The quantitative estimate of drug-likeness (QED) is 0.684. The van der Waals surface area contributed by atoms with Crippen molar-refractivity contribution in [2.45, 2.75) is 39.7 Å². The number of carboxylic acids is 1. The normalized spacial score (nSPS) is 16.4. The van der Waals surface area contributed by atoms with Gasteiger partial charge >= 0.3 is 5.97 Å². The fraction of sp³-hybridized carbons (Fsp3) is 0.900. The summed E-state index contributed by atoms with van der Waals surface area (Å²) in [5.74, 6) is -1.04. The van der Waals surface area contributed by atoms with Crippen LogP contribution in [0.25, 0.3) is 0 Å². The number of carboxylic acid groups (broad SMARTS) is 1. The Morgan fingerprint density at radius 2 is 1.86 bits per heavy atom. The Hall–Kier alpha value is -0.610. The molecule has 0 spiro atoms. The zero-order valence-electron chi connectivity index (χ0n) is 9.33. The fourth-order valence-electron chi connectivity index (χ4n) is 0.632. The van der Waals surface area contributed by atoms with Crippen LogP contribution in [0.4, 0.5) is 0 Å². The molecular formula is C10H20O4. The Morgan fingerprint density at radius 3 is 2.14 bits per heavy atom. The van der Waals surface area contributed by atoms with E-state index in [2.05, 4.69) is 0 Å². The maximum absolute atomic E-state index is 10.8. The molecule has 0 aromatic carbocycles. The molecule has 0 saturated carbocycles. The highest BCUT2D eigenvalue weighted by atomic mass is 16.5. The molecule has 0 aromatic heterocycles. The van der Waals surface area contributed by atoms with E-state index in [1.165, 1.54) is 6.92 Å². The highest BCUT2D eigenvalue weighted by Gasteiger charge is 2.34. The van der Waals surface area contributed by atoms with Gasteiger partial charge in [0.15, 0.2) is 0 Å². The molecule has 0 aromatic rings. The second kappa shape index (κ2) is 4.75. The van der Waals surface area contributed by atoms with Gasteiger partial charge in [0.25, 0.3) is 0 Å². The van der Waals surface area contributed by atoms with Crippen molar-refractivity contribution in [1.82, 2.24) is 0 Å². The summed E-state index contributed by atoms with van der Waals surface area (Å²) in [6.45, 7) is 6.85. The Balaban J connectivity index is 4.29. The Kier molecular flexibility index (Phi) is 4.55. The maximum atomic E-state index is 10.8. The van der Waals surface area contributed by atoms with Gasteiger partial charge in [-0.05, 0) is 27.2 Å². The molecule has 84 valence electrons. The van der Waals surface area contributed by atoms with Gasteiger partial charge in [0.05, 0.1) is 18.8 Å². The molecule has 0 radical (unpaired) electrons. The van der Waals surface area contributed by atoms with Gasteiger partial charge in [-0.2, -0.15) is 0 Å². The topological polar surface area (TPSA) is 66.8 Å². The van der Waals surface area contributed by atoms with Crippen molar-refractivity contribution in [2.75, 3.05) is 13.2 Å². The third-order valence-corrected chi connectivity index (χ3v) is 2.50. The monoisotopic (exact) mass is 204 g/mol. The van der Waals surface area contributed by atoms with Crippen LogP contribution in [0.5, 0.6) is 0 Å². The predicted octanol–water partition coefficient (Wildman–Crippen LogP) is 1.27. The van der Waals surface area contributed by atoms with Crippen LogP contribution in [-0.4, -0.2) is 35.0 Å². The molecule has 0 saturated heterocycles. The minimum absolute atomic E-state index is 0.0275. The van der Waals surface area contributed by atoms with Crippen LogP contribution < -0.4 is 0 Å². The highest BCUT2D eigenvalue weighted by molar-refractivity contribution is 5.74. The first kappa shape index (κ1) is 13.4. The molecule has 1 unspecified atom stereocenters. The standard InChI is InChI=1S/C10H20O4/c1-5-9(2,3)14-7-10(4,6-11)8(12)13/h11H,5-7H2,1-4H3,(H,12,13). The zero-order chi connectivity index (χ0) is 11.4. The van der Waals surface area contributed by atoms with Gasteiger partial charge in [-0.3, -0.25) is 4.79 Å². The summed E-state index contributed by atoms with van der Waals surface area (Å²) >= 11 is 0. The Bertz CT molecular complexity index is 200. The number of aliphatic hydroxyl groups excluding tert-OH is 1. The predicted molar refractivity (Wildman–Crippen MR) is 53.2 cm³/mol. The fourth-order valence-corrected chi connectivity index (χ4v) is 0.632. The Morgan fingerprint density at radius 1 is 1.36 bits per heavy atom. The minimum atomic E-state index is -1.20. The number of aliphatic hydroxyl groups is 1. The van der Waals surface area contributed by atoms with Gasteiger partial charge in [-0.25, -0.2) is 0 Å². The first-order valence-corrected chi connectivity index (χ1v) is 4.75. The summed E-state index contributed by atoms with van der Waals surface area (Å²) < 4.78 is 5.46. The van der Waals surface area contributed by atoms with Crippen LogP contribution in [0, 0.1) is 5.41 Å². The van der Waals surface area contributed by atoms with Crippen molar-refractivity contribution in [1.29, 1.82) is 0 Å². The van der Waals surface area contributed by atoms with Crippen LogP contribution in [-0.2, 0) is 9.53 Å². The first-order valence-electron chi connectivity index (χ1n) is 4.75. The molecule has 14 heavy (non-hydrogen) atoms. The Labute approximate surface area is 84.9 Å². The van der Waals surface area contributed by atoms with Crippen molar-refractivity contribution >= 4 is 5.97 Å². The number of rotatable bonds is 6. The highest BCUT2D eigenvalue weighted by Crippen LogP contribution is 2.21. The van der Waals surface area contributed by atoms with E-state index in [9.17, 15) is 4.79 Å². The van der Waals surface area contributed by atoms with E-state index < -0.39 is 18.0 Å². The summed E-state index contributed by atoms with van der Waals surface area (Å²) in [7, 11) is 0. The summed E-state index contributed by atoms with van der Waals surface area (Å²) in [5.41, 5.74) is -1.54. The lowest BCUT2D eigenvalue weighted by atomic mass is 9.93. The lowest BCUT2D eigenvalue weighted by Gasteiger charge is -2.29. The third-order valence-electron chi connectivity index (χ3n) is 2.50. The van der Waals surface area contributed by atoms with E-state index in [1.807, 2.05) is 20.8 Å². The number of ether oxygens (including phenoxy) is 1. The largest absolute Gasteiger partial charge is 0.481 e. The van der Waals surface area contributed by atoms with E-state index in [1.54, 1.807) is 0 Å². The molecule has 0 rings (SSSR count). The average molecular weight is 204 g/mol. The van der Waals surface area contributed by atoms with Crippen molar-refractivity contribution in [3.8, 4) is 0 Å². The van der Waals surface area contributed by atoms with Gasteiger partial charge in [-0.15, -0.1) is 0 Å². The third kappa shape index (κ3) is 3.64. The lowest BCUT2D eigenvalue weighted by molar-refractivity contribution is -0.159. The summed E-state index contributed by atoms with van der Waals surface area (Å²) in [6.07, 6.45) is 0.800. The van der Waals surface area contributed by atoms with Crippen molar-refractivity contribution in [2.24, 2.45) is 5.41 Å². The SMILES string of the molecule is CCC(C)(C)OCC(C)(CO)C(=O)O. The number of carbonyl (C=O) groups is 1. The number of hydrogen-bond donors (Lipinski definition) is 2. The molecule has 4 nitrogen and oxygen atoms in total. The van der Waals surface area contributed by atoms with Crippen LogP contribution in [0.3, 0.4) is 0 Å². The van der Waals surface area contributed by atoms with Crippen LogP contribution in [0.15, 0.2) is 0 Å². The number of hydrogen-bond acceptors (Lipinski definition) is 3. The molecule has 1 atom stereocenters. The average Bonchev–Trinajstić information content (AvgIpc) is 2.14. The van der Waals surface area contributed by atoms with E-state index >= 15 is 0 Å². The molecule has 0 heterocycles. The summed E-state index contributed by atoms with van der Waals surface area (Å²) in [5, 5.41) is 17.8. The molecular weight excluding hydrogens is 184 g/mol. The molecule has 0 aliphatic heterocycles. The lowest BCUT2D eigenvalue weighted by Crippen LogP contribution is -2.39. The molecule has 4 heteroatoms. The van der Waals surface area contributed by atoms with Crippen molar-refractivity contribution in [3.05, 3.63) is 0 Å². The molecule has 0 bridgehead atoms. The van der Waals surface area contributed by atoms with E-state index in [0.29, 0.717) is 0 Å².